The molecule has 1 amide bonds. The Bertz CT molecular complexity index is 865. The van der Waals surface area contributed by atoms with Crippen molar-refractivity contribution in [1.82, 2.24) is 4.90 Å². The molecule has 7 heteroatoms. The number of benzene rings is 2. The molecule has 2 heterocycles. The third kappa shape index (κ3) is 4.24. The third-order valence-corrected chi connectivity index (χ3v) is 5.48. The number of anilines is 2. The van der Waals surface area contributed by atoms with Gasteiger partial charge in [-0.3, -0.25) is 9.69 Å². The maximum Gasteiger partial charge on any atom is 0.241 e. The van der Waals surface area contributed by atoms with Gasteiger partial charge >= 0.3 is 0 Å². The SMILES string of the molecule is COc1ccccc1N1CCN([C@@H](C)C(=O)Nc2ccc3c(c2)OCCO3)CC1. The lowest BCUT2D eigenvalue weighted by atomic mass is 10.1. The van der Waals surface area contributed by atoms with E-state index in [1.165, 1.54) is 0 Å². The lowest BCUT2D eigenvalue weighted by molar-refractivity contribution is -0.120. The van der Waals surface area contributed by atoms with Crippen LogP contribution < -0.4 is 24.4 Å². The number of piperazine rings is 1. The number of carbonyl (C=O) groups excluding carboxylic acids is 1. The minimum atomic E-state index is -0.219. The Hall–Kier alpha value is -2.93. The summed E-state index contributed by atoms with van der Waals surface area (Å²) in [6, 6.07) is 13.3. The molecule has 0 unspecified atom stereocenters. The zero-order valence-corrected chi connectivity index (χ0v) is 16.9. The summed E-state index contributed by atoms with van der Waals surface area (Å²) in [6.45, 7) is 6.35. The third-order valence-electron chi connectivity index (χ3n) is 5.48. The van der Waals surface area contributed by atoms with Crippen LogP contribution in [0.3, 0.4) is 0 Å². The fourth-order valence-corrected chi connectivity index (χ4v) is 3.77. The topological polar surface area (TPSA) is 63.3 Å². The number of hydrogen-bond acceptors (Lipinski definition) is 6. The van der Waals surface area contributed by atoms with Crippen molar-refractivity contribution in [2.24, 2.45) is 0 Å². The highest BCUT2D eigenvalue weighted by Crippen LogP contribution is 2.33. The molecule has 0 aromatic heterocycles. The molecular weight excluding hydrogens is 370 g/mol. The number of para-hydroxylation sites is 2. The number of fused-ring (bicyclic) bond motifs is 1. The van der Waals surface area contributed by atoms with Crippen LogP contribution in [-0.4, -0.2) is 63.4 Å². The summed E-state index contributed by atoms with van der Waals surface area (Å²) < 4.78 is 16.6. The molecule has 2 aromatic rings. The molecule has 154 valence electrons. The van der Waals surface area contributed by atoms with E-state index in [2.05, 4.69) is 21.2 Å². The monoisotopic (exact) mass is 397 g/mol. The highest BCUT2D eigenvalue weighted by atomic mass is 16.6. The first-order chi connectivity index (χ1) is 14.2. The van der Waals surface area contributed by atoms with E-state index in [1.54, 1.807) is 7.11 Å². The van der Waals surface area contributed by atoms with E-state index < -0.39 is 0 Å². The molecule has 1 fully saturated rings. The maximum absolute atomic E-state index is 12.8. The van der Waals surface area contributed by atoms with Crippen molar-refractivity contribution in [1.29, 1.82) is 0 Å². The zero-order chi connectivity index (χ0) is 20.2. The van der Waals surface area contributed by atoms with E-state index in [1.807, 2.05) is 43.3 Å². The first-order valence-electron chi connectivity index (χ1n) is 9.98. The second-order valence-electron chi connectivity index (χ2n) is 7.22. The minimum absolute atomic E-state index is 0.0209. The van der Waals surface area contributed by atoms with Crippen molar-refractivity contribution in [2.75, 3.05) is 56.7 Å². The van der Waals surface area contributed by atoms with Crippen LogP contribution >= 0.6 is 0 Å². The molecule has 1 saturated heterocycles. The Morgan fingerprint density at radius 2 is 1.76 bits per heavy atom. The van der Waals surface area contributed by atoms with Gasteiger partial charge in [0.25, 0.3) is 0 Å². The molecule has 2 aliphatic rings. The van der Waals surface area contributed by atoms with Gasteiger partial charge in [-0.2, -0.15) is 0 Å². The van der Waals surface area contributed by atoms with Crippen molar-refractivity contribution in [3.63, 3.8) is 0 Å². The average molecular weight is 397 g/mol. The van der Waals surface area contributed by atoms with E-state index >= 15 is 0 Å². The number of methoxy groups -OCH3 is 1. The fraction of sp³-hybridized carbons (Fsp3) is 0.409. The van der Waals surface area contributed by atoms with Crippen molar-refractivity contribution in [2.45, 2.75) is 13.0 Å². The van der Waals surface area contributed by atoms with E-state index in [-0.39, 0.29) is 11.9 Å². The van der Waals surface area contributed by atoms with Gasteiger partial charge in [-0.05, 0) is 31.2 Å². The highest BCUT2D eigenvalue weighted by molar-refractivity contribution is 5.94. The van der Waals surface area contributed by atoms with E-state index in [4.69, 9.17) is 14.2 Å². The van der Waals surface area contributed by atoms with Gasteiger partial charge < -0.3 is 24.4 Å². The van der Waals surface area contributed by atoms with Crippen molar-refractivity contribution in [3.05, 3.63) is 42.5 Å². The fourth-order valence-electron chi connectivity index (χ4n) is 3.77. The first-order valence-corrected chi connectivity index (χ1v) is 9.98. The second-order valence-corrected chi connectivity index (χ2v) is 7.22. The maximum atomic E-state index is 12.8. The van der Waals surface area contributed by atoms with Gasteiger partial charge in [0.1, 0.15) is 19.0 Å². The largest absolute Gasteiger partial charge is 0.495 e. The molecule has 29 heavy (non-hydrogen) atoms. The molecule has 2 aliphatic heterocycles. The van der Waals surface area contributed by atoms with Crippen LogP contribution in [0.1, 0.15) is 6.92 Å². The molecule has 7 nitrogen and oxygen atoms in total. The van der Waals surface area contributed by atoms with E-state index in [9.17, 15) is 4.79 Å². The molecule has 0 aliphatic carbocycles. The Balaban J connectivity index is 1.34. The summed E-state index contributed by atoms with van der Waals surface area (Å²) >= 11 is 0. The standard InChI is InChI=1S/C22H27N3O4/c1-16(22(26)23-17-7-8-20-21(15-17)29-14-13-28-20)24-9-11-25(12-10-24)18-5-3-4-6-19(18)27-2/h3-8,15-16H,9-14H2,1-2H3,(H,23,26)/t16-/m0/s1. The Morgan fingerprint density at radius 1 is 1.03 bits per heavy atom. The van der Waals surface area contributed by atoms with Crippen molar-refractivity contribution in [3.8, 4) is 17.2 Å². The zero-order valence-electron chi connectivity index (χ0n) is 16.9. The van der Waals surface area contributed by atoms with Crippen LogP contribution in [0.25, 0.3) is 0 Å². The van der Waals surface area contributed by atoms with Gasteiger partial charge in [-0.1, -0.05) is 12.1 Å². The Morgan fingerprint density at radius 3 is 2.52 bits per heavy atom. The number of ether oxygens (including phenoxy) is 3. The van der Waals surface area contributed by atoms with Crippen LogP contribution in [0.15, 0.2) is 42.5 Å². The van der Waals surface area contributed by atoms with Gasteiger partial charge in [0.15, 0.2) is 11.5 Å². The molecule has 0 radical (unpaired) electrons. The van der Waals surface area contributed by atoms with Gasteiger partial charge in [0, 0.05) is 37.9 Å². The number of carbonyl (C=O) groups is 1. The summed E-state index contributed by atoms with van der Waals surface area (Å²) in [6.07, 6.45) is 0. The summed E-state index contributed by atoms with van der Waals surface area (Å²) in [5.74, 6) is 2.25. The Kier molecular flexibility index (Phi) is 5.76. The van der Waals surface area contributed by atoms with Crippen molar-refractivity contribution < 1.29 is 19.0 Å². The molecule has 1 atom stereocenters. The predicted molar refractivity (Wildman–Crippen MR) is 112 cm³/mol. The summed E-state index contributed by atoms with van der Waals surface area (Å²) in [7, 11) is 1.69. The quantitative estimate of drug-likeness (QED) is 0.837. The number of rotatable bonds is 5. The van der Waals surface area contributed by atoms with Crippen LogP contribution in [0.2, 0.25) is 0 Å². The molecule has 0 saturated carbocycles. The smallest absolute Gasteiger partial charge is 0.241 e. The summed E-state index contributed by atoms with van der Waals surface area (Å²) in [5, 5.41) is 3.00. The van der Waals surface area contributed by atoms with Gasteiger partial charge in [0.05, 0.1) is 18.8 Å². The van der Waals surface area contributed by atoms with Gasteiger partial charge in [-0.15, -0.1) is 0 Å². The number of nitrogens with one attached hydrogen (secondary N) is 1. The molecule has 0 spiro atoms. The molecule has 4 rings (SSSR count). The molecular formula is C22H27N3O4. The summed E-state index contributed by atoms with van der Waals surface area (Å²) in [4.78, 5) is 17.3. The van der Waals surface area contributed by atoms with Crippen molar-refractivity contribution >= 4 is 17.3 Å². The number of nitrogens with zero attached hydrogens (tertiary/aromatic N) is 2. The molecule has 0 bridgehead atoms. The van der Waals surface area contributed by atoms with Crippen LogP contribution in [0, 0.1) is 0 Å². The number of amides is 1. The molecule has 2 aromatic carbocycles. The van der Waals surface area contributed by atoms with Gasteiger partial charge in [0.2, 0.25) is 5.91 Å². The second kappa shape index (κ2) is 8.61. The minimum Gasteiger partial charge on any atom is -0.495 e. The van der Waals surface area contributed by atoms with E-state index in [0.717, 1.165) is 49.1 Å². The lowest BCUT2D eigenvalue weighted by Crippen LogP contribution is -2.52. The van der Waals surface area contributed by atoms with Crippen LogP contribution in [0.4, 0.5) is 11.4 Å². The lowest BCUT2D eigenvalue weighted by Gasteiger charge is -2.38. The number of hydrogen-bond donors (Lipinski definition) is 1. The Labute approximate surface area is 171 Å². The summed E-state index contributed by atoms with van der Waals surface area (Å²) in [5.41, 5.74) is 1.82. The highest BCUT2D eigenvalue weighted by Gasteiger charge is 2.27. The average Bonchev–Trinajstić information content (AvgIpc) is 2.78. The van der Waals surface area contributed by atoms with E-state index in [0.29, 0.717) is 19.0 Å². The van der Waals surface area contributed by atoms with Crippen LogP contribution in [0.5, 0.6) is 17.2 Å². The normalized spacial score (nSPS) is 17.5. The molecule has 1 N–H and O–H groups in total. The van der Waals surface area contributed by atoms with Gasteiger partial charge in [-0.25, -0.2) is 0 Å². The predicted octanol–water partition coefficient (Wildman–Crippen LogP) is 2.62. The first kappa shape index (κ1) is 19.4. The van der Waals surface area contributed by atoms with Crippen LogP contribution in [-0.2, 0) is 4.79 Å².